The first-order valence-electron chi connectivity index (χ1n) is 4.83. The van der Waals surface area contributed by atoms with Gasteiger partial charge in [0, 0.05) is 4.47 Å². The van der Waals surface area contributed by atoms with Crippen molar-refractivity contribution < 1.29 is 4.39 Å². The lowest BCUT2D eigenvalue weighted by Crippen LogP contribution is -2.23. The lowest BCUT2D eigenvalue weighted by atomic mass is 10.2. The molecule has 0 aliphatic heterocycles. The van der Waals surface area contributed by atoms with Crippen LogP contribution >= 0.6 is 39.1 Å². The van der Waals surface area contributed by atoms with Crippen LogP contribution in [0.5, 0.6) is 0 Å². The van der Waals surface area contributed by atoms with E-state index in [2.05, 4.69) is 21.0 Å². The summed E-state index contributed by atoms with van der Waals surface area (Å²) < 4.78 is 14.9. The van der Waals surface area contributed by atoms with Gasteiger partial charge in [0.2, 0.25) is 0 Å². The molecule has 1 heterocycles. The van der Waals surface area contributed by atoms with Gasteiger partial charge in [-0.3, -0.25) is 4.79 Å². The maximum atomic E-state index is 13.2. The Bertz CT molecular complexity index is 640. The minimum atomic E-state index is -0.510. The average molecular weight is 352 g/mol. The van der Waals surface area contributed by atoms with Gasteiger partial charge in [0.25, 0.3) is 5.56 Å². The number of hydrogen-bond donors (Lipinski definition) is 0. The van der Waals surface area contributed by atoms with Crippen molar-refractivity contribution in [1.82, 2.24) is 9.78 Å². The Kier molecular flexibility index (Phi) is 4.04. The average Bonchev–Trinajstić information content (AvgIpc) is 2.29. The molecule has 3 nitrogen and oxygen atoms in total. The summed E-state index contributed by atoms with van der Waals surface area (Å²) in [6, 6.07) is 4.34. The molecule has 0 aliphatic carbocycles. The zero-order valence-corrected chi connectivity index (χ0v) is 11.9. The van der Waals surface area contributed by atoms with Crippen LogP contribution in [0, 0.1) is 5.82 Å². The Morgan fingerprint density at radius 2 is 2.06 bits per heavy atom. The molecule has 0 spiro atoms. The summed E-state index contributed by atoms with van der Waals surface area (Å²) in [5.74, 6) is -0.396. The predicted octanol–water partition coefficient (Wildman–Crippen LogP) is 3.50. The van der Waals surface area contributed by atoms with Crippen molar-refractivity contribution in [1.29, 1.82) is 0 Å². The highest BCUT2D eigenvalue weighted by Crippen LogP contribution is 2.17. The lowest BCUT2D eigenvalue weighted by molar-refractivity contribution is 0.609. The number of aromatic nitrogens is 2. The second kappa shape index (κ2) is 5.38. The third-order valence-electron chi connectivity index (χ3n) is 2.20. The van der Waals surface area contributed by atoms with Gasteiger partial charge in [-0.05, 0) is 23.8 Å². The van der Waals surface area contributed by atoms with Crippen molar-refractivity contribution in [3.63, 3.8) is 0 Å². The summed E-state index contributed by atoms with van der Waals surface area (Å²) in [4.78, 5) is 11.7. The number of nitrogens with zero attached hydrogens (tertiary/aromatic N) is 2. The number of rotatable bonds is 2. The molecule has 0 saturated carbocycles. The molecule has 0 radical (unpaired) electrons. The summed E-state index contributed by atoms with van der Waals surface area (Å²) in [6.07, 6.45) is 1.28. The highest BCUT2D eigenvalue weighted by atomic mass is 79.9. The number of benzene rings is 1. The van der Waals surface area contributed by atoms with E-state index in [1.807, 2.05) is 0 Å². The van der Waals surface area contributed by atoms with Crippen LogP contribution in [0.4, 0.5) is 4.39 Å². The second-order valence-electron chi connectivity index (χ2n) is 3.55. The van der Waals surface area contributed by atoms with Crippen LogP contribution in [0.25, 0.3) is 0 Å². The topological polar surface area (TPSA) is 34.9 Å². The standard InChI is InChI=1S/C11H6BrCl2FN2O/c12-7-1-6(2-8(15)3-7)5-17-11(18)10(14)9(13)4-16-17/h1-4H,5H2. The molecule has 1 aromatic carbocycles. The first-order valence-corrected chi connectivity index (χ1v) is 6.38. The summed E-state index contributed by atoms with van der Waals surface area (Å²) in [6.45, 7) is 0.117. The SMILES string of the molecule is O=c1c(Cl)c(Cl)cnn1Cc1cc(F)cc(Br)c1. The zero-order valence-electron chi connectivity index (χ0n) is 8.83. The van der Waals surface area contributed by atoms with Gasteiger partial charge in [0.05, 0.1) is 17.8 Å². The summed E-state index contributed by atoms with van der Waals surface area (Å²) in [7, 11) is 0. The maximum Gasteiger partial charge on any atom is 0.287 e. The fourth-order valence-corrected chi connectivity index (χ4v) is 2.22. The molecule has 0 atom stereocenters. The van der Waals surface area contributed by atoms with E-state index in [0.717, 1.165) is 4.68 Å². The molecule has 0 unspecified atom stereocenters. The minimum Gasteiger partial charge on any atom is -0.266 e. The van der Waals surface area contributed by atoms with E-state index >= 15 is 0 Å². The van der Waals surface area contributed by atoms with Gasteiger partial charge in [0.15, 0.2) is 0 Å². The Morgan fingerprint density at radius 3 is 2.72 bits per heavy atom. The van der Waals surface area contributed by atoms with E-state index in [0.29, 0.717) is 10.0 Å². The molecular formula is C11H6BrCl2FN2O. The summed E-state index contributed by atoms with van der Waals surface area (Å²) in [5.41, 5.74) is 0.0828. The van der Waals surface area contributed by atoms with Crippen LogP contribution < -0.4 is 5.56 Å². The monoisotopic (exact) mass is 350 g/mol. The Balaban J connectivity index is 2.40. The molecule has 2 rings (SSSR count). The van der Waals surface area contributed by atoms with Crippen LogP contribution in [0.3, 0.4) is 0 Å². The number of halogens is 4. The normalized spacial score (nSPS) is 10.7. The maximum absolute atomic E-state index is 13.2. The van der Waals surface area contributed by atoms with Crippen molar-refractivity contribution >= 4 is 39.1 Å². The van der Waals surface area contributed by atoms with Crippen LogP contribution in [-0.2, 0) is 6.54 Å². The molecule has 0 saturated heterocycles. The predicted molar refractivity (Wildman–Crippen MR) is 71.7 cm³/mol. The lowest BCUT2D eigenvalue weighted by Gasteiger charge is -2.06. The van der Waals surface area contributed by atoms with Gasteiger partial charge in [-0.1, -0.05) is 39.1 Å². The summed E-state index contributed by atoms with van der Waals surface area (Å²) in [5, 5.41) is 3.84. The molecule has 0 amide bonds. The van der Waals surface area contributed by atoms with E-state index in [9.17, 15) is 9.18 Å². The molecule has 18 heavy (non-hydrogen) atoms. The van der Waals surface area contributed by atoms with Gasteiger partial charge in [-0.2, -0.15) is 5.10 Å². The van der Waals surface area contributed by atoms with Crippen molar-refractivity contribution in [2.24, 2.45) is 0 Å². The van der Waals surface area contributed by atoms with Crippen molar-refractivity contribution in [2.75, 3.05) is 0 Å². The van der Waals surface area contributed by atoms with Crippen LogP contribution in [-0.4, -0.2) is 9.78 Å². The molecule has 2 aromatic rings. The van der Waals surface area contributed by atoms with E-state index in [1.165, 1.54) is 18.3 Å². The van der Waals surface area contributed by atoms with E-state index in [1.54, 1.807) is 6.07 Å². The number of hydrogen-bond acceptors (Lipinski definition) is 2. The van der Waals surface area contributed by atoms with E-state index in [-0.39, 0.29) is 16.6 Å². The third kappa shape index (κ3) is 2.91. The van der Waals surface area contributed by atoms with Crippen LogP contribution in [0.15, 0.2) is 33.7 Å². The smallest absolute Gasteiger partial charge is 0.266 e. The molecule has 1 aromatic heterocycles. The molecule has 94 valence electrons. The first-order chi connectivity index (χ1) is 8.47. The molecule has 0 aliphatic rings. The van der Waals surface area contributed by atoms with Crippen molar-refractivity contribution in [2.45, 2.75) is 6.54 Å². The second-order valence-corrected chi connectivity index (χ2v) is 5.25. The summed E-state index contributed by atoms with van der Waals surface area (Å²) >= 11 is 14.6. The quantitative estimate of drug-likeness (QED) is 0.830. The molecule has 0 N–H and O–H groups in total. The third-order valence-corrected chi connectivity index (χ3v) is 3.40. The molecule has 0 fully saturated rings. The van der Waals surface area contributed by atoms with Gasteiger partial charge >= 0.3 is 0 Å². The highest BCUT2D eigenvalue weighted by molar-refractivity contribution is 9.10. The molecule has 7 heteroatoms. The van der Waals surface area contributed by atoms with E-state index in [4.69, 9.17) is 23.2 Å². The fourth-order valence-electron chi connectivity index (χ4n) is 1.43. The molecule has 0 bridgehead atoms. The Labute approximate surface area is 120 Å². The van der Waals surface area contributed by atoms with E-state index < -0.39 is 11.4 Å². The zero-order chi connectivity index (χ0) is 13.3. The van der Waals surface area contributed by atoms with Gasteiger partial charge in [-0.15, -0.1) is 0 Å². The van der Waals surface area contributed by atoms with Crippen molar-refractivity contribution in [3.05, 3.63) is 60.6 Å². The fraction of sp³-hybridized carbons (Fsp3) is 0.0909. The highest BCUT2D eigenvalue weighted by Gasteiger charge is 2.08. The van der Waals surface area contributed by atoms with Gasteiger partial charge in [-0.25, -0.2) is 9.07 Å². The van der Waals surface area contributed by atoms with Gasteiger partial charge < -0.3 is 0 Å². The van der Waals surface area contributed by atoms with Crippen molar-refractivity contribution in [3.8, 4) is 0 Å². The minimum absolute atomic E-state index is 0.0952. The largest absolute Gasteiger partial charge is 0.287 e. The molecular weight excluding hydrogens is 346 g/mol. The Hall–Kier alpha value is -0.910. The van der Waals surface area contributed by atoms with Crippen LogP contribution in [0.2, 0.25) is 10.0 Å². The van der Waals surface area contributed by atoms with Gasteiger partial charge in [0.1, 0.15) is 10.8 Å². The Morgan fingerprint density at radius 1 is 1.33 bits per heavy atom. The first kappa shape index (κ1) is 13.5. The van der Waals surface area contributed by atoms with Crippen LogP contribution in [0.1, 0.15) is 5.56 Å².